The molecule has 0 bridgehead atoms. The van der Waals surface area contributed by atoms with E-state index < -0.39 is 20.9 Å². The maximum Gasteiger partial charge on any atom is 0.767 e. The minimum atomic E-state index is -1.69. The molecule has 1 heterocycles. The van der Waals surface area contributed by atoms with E-state index in [1.54, 1.807) is 6.92 Å². The van der Waals surface area contributed by atoms with E-state index in [1.165, 1.54) is 0 Å². The van der Waals surface area contributed by atoms with Crippen LogP contribution in [0.3, 0.4) is 0 Å². The molecule has 1 atom stereocenters. The van der Waals surface area contributed by atoms with Gasteiger partial charge in [-0.1, -0.05) is 6.42 Å². The average Bonchev–Trinajstić information content (AvgIpc) is 2.19. The molecule has 1 aliphatic heterocycles. The van der Waals surface area contributed by atoms with Crippen LogP contribution in [-0.2, 0) is 17.1 Å². The zero-order valence-corrected chi connectivity index (χ0v) is 9.98. The van der Waals surface area contributed by atoms with Crippen molar-refractivity contribution in [3.8, 4) is 0 Å². The summed E-state index contributed by atoms with van der Waals surface area (Å²) in [4.78, 5) is 11.4. The number of hydrogen-bond donors (Lipinski definition) is 0. The van der Waals surface area contributed by atoms with E-state index in [4.69, 9.17) is 12.3 Å². The van der Waals surface area contributed by atoms with Crippen LogP contribution in [0.1, 0.15) is 26.7 Å². The van der Waals surface area contributed by atoms with Crippen LogP contribution >= 0.6 is 0 Å². The Hall–Kier alpha value is -0.0775. The molecule has 1 rings (SSSR count). The number of rotatable bonds is 4. The fraction of sp³-hybridized carbons (Fsp3) is 0.889. The van der Waals surface area contributed by atoms with Gasteiger partial charge in [-0.15, -0.1) is 0 Å². The summed E-state index contributed by atoms with van der Waals surface area (Å²) < 4.78 is 15.8. The Balaban J connectivity index is 2.24. The zero-order valence-electron chi connectivity index (χ0n) is 8.82. The van der Waals surface area contributed by atoms with Crippen molar-refractivity contribution in [2.75, 3.05) is 13.2 Å². The highest BCUT2D eigenvalue weighted by Gasteiger charge is 2.34. The Kier molecular flexibility index (Phi) is 5.50. The van der Waals surface area contributed by atoms with E-state index in [9.17, 15) is 4.79 Å². The lowest BCUT2D eigenvalue weighted by molar-refractivity contribution is -0.147. The van der Waals surface area contributed by atoms with E-state index >= 15 is 0 Å². The average molecular weight is 216 g/mol. The van der Waals surface area contributed by atoms with Crippen molar-refractivity contribution in [3.05, 3.63) is 0 Å². The van der Waals surface area contributed by atoms with E-state index in [1.807, 2.05) is 6.92 Å². The van der Waals surface area contributed by atoms with Gasteiger partial charge in [0.05, 0.1) is 0 Å². The molecule has 0 spiro atoms. The van der Waals surface area contributed by atoms with Crippen molar-refractivity contribution in [2.24, 2.45) is 0 Å². The second kappa shape index (κ2) is 6.41. The summed E-state index contributed by atoms with van der Waals surface area (Å²) >= 11 is -1.69. The van der Waals surface area contributed by atoms with E-state index in [0.29, 0.717) is 6.61 Å². The topological polar surface area (TPSA) is 44.8 Å². The fourth-order valence-electron chi connectivity index (χ4n) is 1.35. The van der Waals surface area contributed by atoms with Gasteiger partial charge in [-0.05, 0) is 25.6 Å². The third kappa shape index (κ3) is 3.97. The first-order chi connectivity index (χ1) is 6.74. The molecule has 0 aromatic carbocycles. The lowest BCUT2D eigenvalue weighted by atomic mass is 10.4. The van der Waals surface area contributed by atoms with Gasteiger partial charge in [0.2, 0.25) is 0 Å². The Morgan fingerprint density at radius 2 is 2.36 bits per heavy atom. The summed E-state index contributed by atoms with van der Waals surface area (Å²) in [5, 5.41) is 0.935. The molecule has 1 saturated heterocycles. The van der Waals surface area contributed by atoms with Gasteiger partial charge in [-0.2, -0.15) is 0 Å². The molecular formula is C9H17AlO4. The normalized spacial score (nSPS) is 19.1. The molecule has 80 valence electrons. The van der Waals surface area contributed by atoms with Gasteiger partial charge in [-0.3, -0.25) is 4.79 Å². The standard InChI is InChI=1S/C5H10O3.C4H8O.Al/c1-3-8-4(2)5(6)7;1-2-3-4-5;/h4H,3H2,1-2H3,(H,6,7);1-4H2;/q;-1;+2/p-1. The maximum absolute atomic E-state index is 11.4. The summed E-state index contributed by atoms with van der Waals surface area (Å²) in [7, 11) is 0. The highest BCUT2D eigenvalue weighted by molar-refractivity contribution is 6.47. The van der Waals surface area contributed by atoms with Gasteiger partial charge < -0.3 is 12.3 Å². The highest BCUT2D eigenvalue weighted by atomic mass is 27.2. The van der Waals surface area contributed by atoms with Crippen molar-refractivity contribution >= 4 is 20.8 Å². The molecule has 0 radical (unpaired) electrons. The monoisotopic (exact) mass is 216 g/mol. The second-order valence-corrected chi connectivity index (χ2v) is 5.34. The second-order valence-electron chi connectivity index (χ2n) is 3.33. The molecule has 1 aliphatic rings. The van der Waals surface area contributed by atoms with Crippen LogP contribution < -0.4 is 0 Å². The van der Waals surface area contributed by atoms with Crippen LogP contribution in [0, 0.1) is 0 Å². The van der Waals surface area contributed by atoms with Crippen molar-refractivity contribution in [1.82, 2.24) is 0 Å². The number of carbonyl (C=O) groups is 1. The fourth-order valence-corrected chi connectivity index (χ4v) is 3.20. The SMILES string of the molecule is CCOC(C)C(=O)[O][Al]1[CH2]CCC[O]1. The number of hydrogen-bond acceptors (Lipinski definition) is 4. The van der Waals surface area contributed by atoms with Gasteiger partial charge in [0.25, 0.3) is 0 Å². The number of ether oxygens (including phenoxy) is 1. The first-order valence-electron chi connectivity index (χ1n) is 5.17. The van der Waals surface area contributed by atoms with Crippen molar-refractivity contribution in [1.29, 1.82) is 0 Å². The highest BCUT2D eigenvalue weighted by Crippen LogP contribution is 2.12. The Labute approximate surface area is 89.6 Å². The minimum absolute atomic E-state index is 0.273. The predicted molar refractivity (Wildman–Crippen MR) is 52.9 cm³/mol. The zero-order chi connectivity index (χ0) is 10.4. The maximum atomic E-state index is 11.4. The van der Waals surface area contributed by atoms with Crippen LogP contribution in [0.15, 0.2) is 0 Å². The Morgan fingerprint density at radius 3 is 2.93 bits per heavy atom. The first-order valence-corrected chi connectivity index (χ1v) is 6.93. The summed E-state index contributed by atoms with van der Waals surface area (Å²) in [6.45, 7) is 4.85. The third-order valence-electron chi connectivity index (χ3n) is 2.13. The summed E-state index contributed by atoms with van der Waals surface area (Å²) in [5.74, 6) is -0.273. The van der Waals surface area contributed by atoms with E-state index in [0.717, 1.165) is 24.7 Å². The molecule has 14 heavy (non-hydrogen) atoms. The van der Waals surface area contributed by atoms with E-state index in [-0.39, 0.29) is 5.97 Å². The molecular weight excluding hydrogens is 199 g/mol. The lowest BCUT2D eigenvalue weighted by Crippen LogP contribution is -2.34. The summed E-state index contributed by atoms with van der Waals surface area (Å²) in [5.41, 5.74) is 0. The van der Waals surface area contributed by atoms with Crippen LogP contribution in [0.2, 0.25) is 5.28 Å². The summed E-state index contributed by atoms with van der Waals surface area (Å²) in [6, 6.07) is 0. The summed E-state index contributed by atoms with van der Waals surface area (Å²) in [6.07, 6.45) is 1.74. The Bertz CT molecular complexity index is 180. The van der Waals surface area contributed by atoms with Gasteiger partial charge in [0.1, 0.15) is 6.10 Å². The molecule has 0 aromatic heterocycles. The van der Waals surface area contributed by atoms with Gasteiger partial charge in [0, 0.05) is 13.2 Å². The molecule has 1 unspecified atom stereocenters. The smallest absolute Gasteiger partial charge is 0.593 e. The molecule has 0 N–H and O–H groups in total. The molecule has 0 aliphatic carbocycles. The van der Waals surface area contributed by atoms with Gasteiger partial charge in [-0.25, -0.2) is 0 Å². The van der Waals surface area contributed by atoms with Crippen molar-refractivity contribution in [2.45, 2.75) is 38.1 Å². The lowest BCUT2D eigenvalue weighted by Gasteiger charge is -2.20. The van der Waals surface area contributed by atoms with Crippen LogP contribution in [0.25, 0.3) is 0 Å². The first kappa shape index (κ1) is 12.0. The minimum Gasteiger partial charge on any atom is -0.593 e. The van der Waals surface area contributed by atoms with Crippen LogP contribution in [0.4, 0.5) is 0 Å². The Morgan fingerprint density at radius 1 is 1.57 bits per heavy atom. The molecule has 0 amide bonds. The predicted octanol–water partition coefficient (Wildman–Crippen LogP) is 1.25. The van der Waals surface area contributed by atoms with Crippen LogP contribution in [-0.4, -0.2) is 40.1 Å². The quantitative estimate of drug-likeness (QED) is 0.663. The molecule has 5 heteroatoms. The molecule has 0 saturated carbocycles. The molecule has 1 fully saturated rings. The van der Waals surface area contributed by atoms with Crippen LogP contribution in [0.5, 0.6) is 0 Å². The van der Waals surface area contributed by atoms with Crippen molar-refractivity contribution in [3.63, 3.8) is 0 Å². The largest absolute Gasteiger partial charge is 0.767 e. The molecule has 4 nitrogen and oxygen atoms in total. The van der Waals surface area contributed by atoms with Crippen molar-refractivity contribution < 1.29 is 17.1 Å². The third-order valence-corrected chi connectivity index (χ3v) is 4.12. The molecule has 0 aromatic rings. The van der Waals surface area contributed by atoms with Gasteiger partial charge >= 0.3 is 20.8 Å². The van der Waals surface area contributed by atoms with E-state index in [2.05, 4.69) is 0 Å². The number of carbonyl (C=O) groups excluding carboxylic acids is 1. The van der Waals surface area contributed by atoms with Gasteiger partial charge in [0.15, 0.2) is 0 Å².